The maximum absolute atomic E-state index is 4.03. The van der Waals surface area contributed by atoms with Crippen molar-refractivity contribution in [3.63, 3.8) is 0 Å². The molecule has 1 atom stereocenters. The van der Waals surface area contributed by atoms with E-state index in [1.54, 1.807) is 0 Å². The summed E-state index contributed by atoms with van der Waals surface area (Å²) in [6, 6.07) is 0.734. The summed E-state index contributed by atoms with van der Waals surface area (Å²) in [5, 5.41) is 3.60. The van der Waals surface area contributed by atoms with E-state index in [1.807, 2.05) is 18.7 Å². The molecule has 1 N–H and O–H groups in total. The molecule has 1 saturated carbocycles. The number of unbranched alkanes of at least 4 members (excludes halogenated alkanes) is 1. The van der Waals surface area contributed by atoms with Gasteiger partial charge in [0.05, 0.1) is 6.33 Å². The number of aryl methyl sites for hydroxylation is 1. The largest absolute Gasteiger partial charge is 0.337 e. The molecule has 0 aliphatic heterocycles. The lowest BCUT2D eigenvalue weighted by Crippen LogP contribution is -2.28. The number of rotatable bonds is 7. The minimum absolute atomic E-state index is 0.734. The van der Waals surface area contributed by atoms with Crippen LogP contribution in [0.15, 0.2) is 18.7 Å². The number of imidazole rings is 1. The second kappa shape index (κ2) is 5.31. The Bertz CT molecular complexity index is 264. The summed E-state index contributed by atoms with van der Waals surface area (Å²) in [6.07, 6.45) is 11.1. The first kappa shape index (κ1) is 10.7. The van der Waals surface area contributed by atoms with E-state index in [0.717, 1.165) is 25.0 Å². The molecule has 1 aliphatic carbocycles. The summed E-state index contributed by atoms with van der Waals surface area (Å²) >= 11 is 0. The van der Waals surface area contributed by atoms with E-state index in [-0.39, 0.29) is 0 Å². The van der Waals surface area contributed by atoms with Crippen LogP contribution >= 0.6 is 0 Å². The van der Waals surface area contributed by atoms with Gasteiger partial charge in [-0.15, -0.1) is 0 Å². The zero-order valence-electron chi connectivity index (χ0n) is 9.52. The van der Waals surface area contributed by atoms with Gasteiger partial charge in [0.25, 0.3) is 0 Å². The van der Waals surface area contributed by atoms with Crippen molar-refractivity contribution in [2.24, 2.45) is 5.92 Å². The van der Waals surface area contributed by atoms with Crippen LogP contribution in [0.2, 0.25) is 0 Å². The van der Waals surface area contributed by atoms with E-state index >= 15 is 0 Å². The molecule has 0 spiro atoms. The van der Waals surface area contributed by atoms with Gasteiger partial charge >= 0.3 is 0 Å². The lowest BCUT2D eigenvalue weighted by atomic mass is 10.2. The van der Waals surface area contributed by atoms with Crippen LogP contribution in [0, 0.1) is 5.92 Å². The molecule has 15 heavy (non-hydrogen) atoms. The molecule has 1 aromatic heterocycles. The average Bonchev–Trinajstić information content (AvgIpc) is 2.97. The zero-order chi connectivity index (χ0) is 10.5. The van der Waals surface area contributed by atoms with Gasteiger partial charge in [0.1, 0.15) is 0 Å². The van der Waals surface area contributed by atoms with Crippen LogP contribution < -0.4 is 5.32 Å². The lowest BCUT2D eigenvalue weighted by molar-refractivity contribution is 0.475. The average molecular weight is 207 g/mol. The molecule has 2 rings (SSSR count). The van der Waals surface area contributed by atoms with E-state index < -0.39 is 0 Å². The third-order valence-electron chi connectivity index (χ3n) is 3.20. The van der Waals surface area contributed by atoms with E-state index in [1.165, 1.54) is 25.7 Å². The quantitative estimate of drug-likeness (QED) is 0.693. The molecule has 0 bridgehead atoms. The molecule has 0 saturated heterocycles. The highest BCUT2D eigenvalue weighted by atomic mass is 15.0. The monoisotopic (exact) mass is 207 g/mol. The van der Waals surface area contributed by atoms with Crippen LogP contribution in [0.25, 0.3) is 0 Å². The van der Waals surface area contributed by atoms with Crippen LogP contribution in [0.4, 0.5) is 0 Å². The Morgan fingerprint density at radius 2 is 2.33 bits per heavy atom. The van der Waals surface area contributed by atoms with E-state index in [9.17, 15) is 0 Å². The van der Waals surface area contributed by atoms with E-state index in [0.29, 0.717) is 0 Å². The molecule has 1 unspecified atom stereocenters. The van der Waals surface area contributed by atoms with Crippen LogP contribution in [-0.2, 0) is 6.54 Å². The van der Waals surface area contributed by atoms with Gasteiger partial charge in [0.2, 0.25) is 0 Å². The highest BCUT2D eigenvalue weighted by Gasteiger charge is 2.26. The zero-order valence-corrected chi connectivity index (χ0v) is 9.52. The minimum atomic E-state index is 0.734. The van der Waals surface area contributed by atoms with Gasteiger partial charge in [-0.2, -0.15) is 0 Å². The summed E-state index contributed by atoms with van der Waals surface area (Å²) in [5.41, 5.74) is 0. The Hall–Kier alpha value is -0.830. The second-order valence-corrected chi connectivity index (χ2v) is 4.59. The van der Waals surface area contributed by atoms with E-state index in [2.05, 4.69) is 21.8 Å². The summed E-state index contributed by atoms with van der Waals surface area (Å²) in [4.78, 5) is 4.03. The van der Waals surface area contributed by atoms with Gasteiger partial charge < -0.3 is 9.88 Å². The Kier molecular flexibility index (Phi) is 3.78. The number of aromatic nitrogens is 2. The molecule has 1 fully saturated rings. The molecule has 1 aliphatic rings. The first-order chi connectivity index (χ1) is 7.36. The fourth-order valence-electron chi connectivity index (χ4n) is 1.93. The van der Waals surface area contributed by atoms with Crippen molar-refractivity contribution >= 4 is 0 Å². The smallest absolute Gasteiger partial charge is 0.0945 e. The maximum Gasteiger partial charge on any atom is 0.0945 e. The predicted octanol–water partition coefficient (Wildman–Crippen LogP) is 2.05. The normalized spacial score (nSPS) is 17.9. The summed E-state index contributed by atoms with van der Waals surface area (Å²) < 4.78 is 2.14. The van der Waals surface area contributed by atoms with Crippen LogP contribution in [0.5, 0.6) is 0 Å². The summed E-state index contributed by atoms with van der Waals surface area (Å²) in [7, 11) is 0. The van der Waals surface area contributed by atoms with Crippen molar-refractivity contribution in [1.82, 2.24) is 14.9 Å². The van der Waals surface area contributed by atoms with Gasteiger partial charge in [0.15, 0.2) is 0 Å². The fourth-order valence-corrected chi connectivity index (χ4v) is 1.93. The van der Waals surface area contributed by atoms with Crippen molar-refractivity contribution in [1.29, 1.82) is 0 Å². The third-order valence-corrected chi connectivity index (χ3v) is 3.20. The second-order valence-electron chi connectivity index (χ2n) is 4.59. The maximum atomic E-state index is 4.03. The van der Waals surface area contributed by atoms with Gasteiger partial charge in [-0.3, -0.25) is 0 Å². The molecule has 3 heteroatoms. The molecule has 3 nitrogen and oxygen atoms in total. The summed E-state index contributed by atoms with van der Waals surface area (Å²) in [5.74, 6) is 0.971. The van der Waals surface area contributed by atoms with Gasteiger partial charge in [-0.05, 0) is 45.1 Å². The number of hydrogen-bond donors (Lipinski definition) is 1. The lowest BCUT2D eigenvalue weighted by Gasteiger charge is -2.12. The van der Waals surface area contributed by atoms with Crippen LogP contribution in [0.3, 0.4) is 0 Å². The van der Waals surface area contributed by atoms with Crippen molar-refractivity contribution in [2.45, 2.75) is 45.2 Å². The predicted molar refractivity (Wildman–Crippen MR) is 61.6 cm³/mol. The standard InChI is InChI=1S/C12H21N3/c1-11(12-4-5-12)14-6-2-3-8-15-9-7-13-10-15/h7,9-12,14H,2-6,8H2,1H3. The minimum Gasteiger partial charge on any atom is -0.337 e. The Morgan fingerprint density at radius 1 is 1.47 bits per heavy atom. The van der Waals surface area contributed by atoms with Crippen LogP contribution in [0.1, 0.15) is 32.6 Å². The molecule has 1 aromatic rings. The highest BCUT2D eigenvalue weighted by molar-refractivity contribution is 4.83. The fraction of sp³-hybridized carbons (Fsp3) is 0.750. The van der Waals surface area contributed by atoms with Crippen LogP contribution in [-0.4, -0.2) is 22.1 Å². The number of nitrogens with zero attached hydrogens (tertiary/aromatic N) is 2. The number of hydrogen-bond acceptors (Lipinski definition) is 2. The summed E-state index contributed by atoms with van der Waals surface area (Å²) in [6.45, 7) is 4.57. The molecule has 84 valence electrons. The molecule has 0 amide bonds. The topological polar surface area (TPSA) is 29.9 Å². The first-order valence-electron chi connectivity index (χ1n) is 6.05. The Labute approximate surface area is 91.9 Å². The molecular formula is C12H21N3. The molecule has 0 radical (unpaired) electrons. The van der Waals surface area contributed by atoms with Gasteiger partial charge in [0, 0.05) is 25.0 Å². The first-order valence-corrected chi connectivity index (χ1v) is 6.05. The van der Waals surface area contributed by atoms with Crippen molar-refractivity contribution in [3.8, 4) is 0 Å². The van der Waals surface area contributed by atoms with Crippen molar-refractivity contribution in [3.05, 3.63) is 18.7 Å². The Balaban J connectivity index is 1.48. The molecule has 1 heterocycles. The van der Waals surface area contributed by atoms with Gasteiger partial charge in [-0.1, -0.05) is 0 Å². The molecular weight excluding hydrogens is 186 g/mol. The third kappa shape index (κ3) is 3.67. The van der Waals surface area contributed by atoms with Crippen molar-refractivity contribution in [2.75, 3.05) is 6.54 Å². The number of nitrogens with one attached hydrogen (secondary N) is 1. The van der Waals surface area contributed by atoms with Gasteiger partial charge in [-0.25, -0.2) is 4.98 Å². The van der Waals surface area contributed by atoms with Crippen molar-refractivity contribution < 1.29 is 0 Å². The Morgan fingerprint density at radius 3 is 3.00 bits per heavy atom. The molecule has 0 aromatic carbocycles. The van der Waals surface area contributed by atoms with E-state index in [4.69, 9.17) is 0 Å². The highest BCUT2D eigenvalue weighted by Crippen LogP contribution is 2.32. The SMILES string of the molecule is CC(NCCCCn1ccnc1)C1CC1.